The molecule has 1 N–H and O–H groups in total. The molecule has 0 saturated heterocycles. The molecule has 0 saturated carbocycles. The summed E-state index contributed by atoms with van der Waals surface area (Å²) in [5.41, 5.74) is 2.95. The van der Waals surface area contributed by atoms with E-state index in [0.717, 1.165) is 17.4 Å². The maximum Gasteiger partial charge on any atom is 0.255 e. The Morgan fingerprint density at radius 2 is 1.65 bits per heavy atom. The number of rotatable bonds is 6. The number of benzene rings is 3. The predicted octanol–water partition coefficient (Wildman–Crippen LogP) is 6.20. The van der Waals surface area contributed by atoms with Crippen LogP contribution in [0.5, 0.6) is 11.5 Å². The molecule has 0 heterocycles. The molecular weight excluding hydrogens is 457 g/mol. The van der Waals surface area contributed by atoms with Crippen LogP contribution in [-0.2, 0) is 15.6 Å². The Morgan fingerprint density at radius 1 is 0.968 bits per heavy atom. The molecule has 0 atom stereocenters. The number of amides is 1. The monoisotopic (exact) mass is 477 g/mol. The minimum Gasteiger partial charge on any atom is -0.455 e. The Bertz CT molecular complexity index is 1230. The number of carbonyl (C=O) groups excluding carboxylic acids is 1. The van der Waals surface area contributed by atoms with Crippen LogP contribution in [-0.4, -0.2) is 20.6 Å². The van der Waals surface area contributed by atoms with E-state index >= 15 is 0 Å². The summed E-state index contributed by atoms with van der Waals surface area (Å²) in [5.74, 6) is 0.498. The molecule has 3 rings (SSSR count). The highest BCUT2D eigenvalue weighted by Gasteiger charge is 2.15. The van der Waals surface area contributed by atoms with Crippen LogP contribution in [0.4, 0.5) is 5.69 Å². The molecule has 162 valence electrons. The standard InChI is InChI=1S/C23H21Cl2NO4S/c1-14-9-19(25)10-15(2)22(14)30-21-8-7-18(24)12-20(21)26-23(27)17-6-4-5-16(11-17)13-31(3,28)29/h4-12H,13H2,1-3H3,(H,26,27). The maximum absolute atomic E-state index is 12.8. The summed E-state index contributed by atoms with van der Waals surface area (Å²) < 4.78 is 29.2. The average Bonchev–Trinajstić information content (AvgIpc) is 2.65. The Hall–Kier alpha value is -2.54. The van der Waals surface area contributed by atoms with Crippen molar-refractivity contribution in [3.63, 3.8) is 0 Å². The Balaban J connectivity index is 1.90. The summed E-state index contributed by atoms with van der Waals surface area (Å²) in [6.07, 6.45) is 1.15. The van der Waals surface area contributed by atoms with Gasteiger partial charge in [-0.25, -0.2) is 8.42 Å². The number of nitrogens with one attached hydrogen (secondary N) is 1. The van der Waals surface area contributed by atoms with Crippen molar-refractivity contribution in [3.8, 4) is 11.5 Å². The van der Waals surface area contributed by atoms with Crippen molar-refractivity contribution >= 4 is 44.6 Å². The van der Waals surface area contributed by atoms with Gasteiger partial charge in [0.1, 0.15) is 5.75 Å². The first-order chi connectivity index (χ1) is 14.5. The SMILES string of the molecule is Cc1cc(Cl)cc(C)c1Oc1ccc(Cl)cc1NC(=O)c1cccc(CS(C)(=O)=O)c1. The van der Waals surface area contributed by atoms with Gasteiger partial charge >= 0.3 is 0 Å². The topological polar surface area (TPSA) is 72.5 Å². The number of ether oxygens (including phenoxy) is 1. The largest absolute Gasteiger partial charge is 0.455 e. The van der Waals surface area contributed by atoms with E-state index in [1.807, 2.05) is 13.8 Å². The fourth-order valence-electron chi connectivity index (χ4n) is 3.16. The molecule has 5 nitrogen and oxygen atoms in total. The van der Waals surface area contributed by atoms with Crippen LogP contribution < -0.4 is 10.1 Å². The number of hydrogen-bond donors (Lipinski definition) is 1. The highest BCUT2D eigenvalue weighted by molar-refractivity contribution is 7.89. The van der Waals surface area contributed by atoms with E-state index in [0.29, 0.717) is 38.4 Å². The highest BCUT2D eigenvalue weighted by atomic mass is 35.5. The molecule has 31 heavy (non-hydrogen) atoms. The second-order valence-electron chi connectivity index (χ2n) is 7.34. The van der Waals surface area contributed by atoms with Crippen molar-refractivity contribution in [2.45, 2.75) is 19.6 Å². The molecule has 3 aromatic rings. The quantitative estimate of drug-likeness (QED) is 0.458. The lowest BCUT2D eigenvalue weighted by Gasteiger charge is -2.16. The fraction of sp³-hybridized carbons (Fsp3) is 0.174. The Morgan fingerprint density at radius 3 is 2.29 bits per heavy atom. The molecule has 3 aromatic carbocycles. The third kappa shape index (κ3) is 6.23. The molecule has 0 radical (unpaired) electrons. The third-order valence-corrected chi connectivity index (χ3v) is 5.76. The highest BCUT2D eigenvalue weighted by Crippen LogP contribution is 2.36. The zero-order chi connectivity index (χ0) is 22.8. The lowest BCUT2D eigenvalue weighted by atomic mass is 10.1. The molecule has 0 aliphatic carbocycles. The Labute approximate surface area is 191 Å². The smallest absolute Gasteiger partial charge is 0.255 e. The van der Waals surface area contributed by atoms with Crippen molar-refractivity contribution in [3.05, 3.63) is 86.9 Å². The van der Waals surface area contributed by atoms with E-state index in [-0.39, 0.29) is 5.75 Å². The minimum atomic E-state index is -3.22. The van der Waals surface area contributed by atoms with E-state index in [1.165, 1.54) is 0 Å². The third-order valence-electron chi connectivity index (χ3n) is 4.44. The summed E-state index contributed by atoms with van der Waals surface area (Å²) in [6, 6.07) is 15.0. The van der Waals surface area contributed by atoms with E-state index in [2.05, 4.69) is 5.32 Å². The van der Waals surface area contributed by atoms with Gasteiger partial charge in [-0.3, -0.25) is 4.79 Å². The number of hydrogen-bond acceptors (Lipinski definition) is 4. The van der Waals surface area contributed by atoms with Crippen molar-refractivity contribution < 1.29 is 17.9 Å². The maximum atomic E-state index is 12.8. The summed E-state index contributed by atoms with van der Waals surface area (Å²) in [5, 5.41) is 3.85. The van der Waals surface area contributed by atoms with E-state index in [9.17, 15) is 13.2 Å². The number of anilines is 1. The number of sulfone groups is 1. The summed E-state index contributed by atoms with van der Waals surface area (Å²) in [7, 11) is -3.22. The van der Waals surface area contributed by atoms with E-state index in [1.54, 1.807) is 54.6 Å². The minimum absolute atomic E-state index is 0.144. The van der Waals surface area contributed by atoms with Gasteiger partial charge in [-0.05, 0) is 73.0 Å². The summed E-state index contributed by atoms with van der Waals surface area (Å²) in [4.78, 5) is 12.8. The van der Waals surface area contributed by atoms with Gasteiger partial charge in [0.15, 0.2) is 15.6 Å². The van der Waals surface area contributed by atoms with Gasteiger partial charge in [0.05, 0.1) is 11.4 Å². The van der Waals surface area contributed by atoms with Crippen LogP contribution >= 0.6 is 23.2 Å². The molecule has 1 amide bonds. The molecule has 0 bridgehead atoms. The molecule has 0 fully saturated rings. The number of carbonyl (C=O) groups is 1. The van der Waals surface area contributed by atoms with Crippen molar-refractivity contribution in [2.75, 3.05) is 11.6 Å². The number of aryl methyl sites for hydroxylation is 2. The molecular formula is C23H21Cl2NO4S. The van der Waals surface area contributed by atoms with E-state index in [4.69, 9.17) is 27.9 Å². The van der Waals surface area contributed by atoms with Crippen molar-refractivity contribution in [1.29, 1.82) is 0 Å². The second kappa shape index (κ2) is 9.30. The molecule has 0 unspecified atom stereocenters. The van der Waals surface area contributed by atoms with Crippen LogP contribution in [0.2, 0.25) is 10.0 Å². The molecule has 0 aliphatic rings. The molecule has 8 heteroatoms. The van der Waals surface area contributed by atoms with E-state index < -0.39 is 15.7 Å². The lowest BCUT2D eigenvalue weighted by molar-refractivity contribution is 0.102. The number of halogens is 2. The lowest BCUT2D eigenvalue weighted by Crippen LogP contribution is -2.13. The zero-order valence-electron chi connectivity index (χ0n) is 17.2. The van der Waals surface area contributed by atoms with Crippen LogP contribution in [0.25, 0.3) is 0 Å². The van der Waals surface area contributed by atoms with Gasteiger partial charge < -0.3 is 10.1 Å². The summed E-state index contributed by atoms with van der Waals surface area (Å²) in [6.45, 7) is 3.77. The first-order valence-corrected chi connectivity index (χ1v) is 12.2. The van der Waals surface area contributed by atoms with Crippen LogP contribution in [0.15, 0.2) is 54.6 Å². The van der Waals surface area contributed by atoms with Gasteiger partial charge in [0.25, 0.3) is 5.91 Å². The van der Waals surface area contributed by atoms with Gasteiger partial charge in [-0.1, -0.05) is 35.3 Å². The summed E-state index contributed by atoms with van der Waals surface area (Å²) >= 11 is 12.2. The van der Waals surface area contributed by atoms with Crippen molar-refractivity contribution in [2.24, 2.45) is 0 Å². The first kappa shape index (κ1) is 23.1. The fourth-order valence-corrected chi connectivity index (χ4v) is 4.44. The van der Waals surface area contributed by atoms with Crippen LogP contribution in [0.1, 0.15) is 27.0 Å². The normalized spacial score (nSPS) is 11.3. The molecule has 0 aromatic heterocycles. The zero-order valence-corrected chi connectivity index (χ0v) is 19.5. The van der Waals surface area contributed by atoms with Crippen LogP contribution in [0.3, 0.4) is 0 Å². The van der Waals surface area contributed by atoms with Crippen LogP contribution in [0, 0.1) is 13.8 Å². The predicted molar refractivity (Wildman–Crippen MR) is 125 cm³/mol. The molecule has 0 spiro atoms. The van der Waals surface area contributed by atoms with Gasteiger partial charge in [-0.2, -0.15) is 0 Å². The van der Waals surface area contributed by atoms with Crippen molar-refractivity contribution in [1.82, 2.24) is 0 Å². The van der Waals surface area contributed by atoms with Gasteiger partial charge in [0.2, 0.25) is 0 Å². The second-order valence-corrected chi connectivity index (χ2v) is 10.3. The Kier molecular flexibility index (Phi) is 6.94. The molecule has 0 aliphatic heterocycles. The first-order valence-electron chi connectivity index (χ1n) is 9.34. The van der Waals surface area contributed by atoms with Gasteiger partial charge in [0, 0.05) is 21.9 Å². The van der Waals surface area contributed by atoms with Gasteiger partial charge in [-0.15, -0.1) is 0 Å². The average molecular weight is 478 g/mol.